The molecule has 10 heteroatoms. The number of aliphatic imine (C=N–C) groups is 1. The van der Waals surface area contributed by atoms with Gasteiger partial charge in [-0.25, -0.2) is 9.51 Å². The smallest absolute Gasteiger partial charge is 0.416 e. The quantitative estimate of drug-likeness (QED) is 0.580. The molecule has 0 spiro atoms. The molecule has 0 saturated carbocycles. The predicted octanol–water partition coefficient (Wildman–Crippen LogP) is 2.74. The van der Waals surface area contributed by atoms with Gasteiger partial charge in [0, 0.05) is 20.3 Å². The molecule has 7 nitrogen and oxygen atoms in total. The maximum absolute atomic E-state index is 12.9. The maximum atomic E-state index is 12.9. The van der Waals surface area contributed by atoms with Gasteiger partial charge in [0.15, 0.2) is 0 Å². The first-order valence-electron chi connectivity index (χ1n) is 7.08. The Morgan fingerprint density at radius 2 is 2.00 bits per heavy atom. The molecule has 0 fully saturated rings. The monoisotopic (exact) mass is 350 g/mol. The molecule has 3 aromatic rings. The molecule has 3 rings (SSSR count). The minimum atomic E-state index is -4.48. The van der Waals surface area contributed by atoms with Gasteiger partial charge in [0.2, 0.25) is 5.88 Å². The Labute approximate surface area is 140 Å². The van der Waals surface area contributed by atoms with E-state index in [9.17, 15) is 18.3 Å². The number of alkyl halides is 3. The van der Waals surface area contributed by atoms with E-state index >= 15 is 0 Å². The van der Waals surface area contributed by atoms with Gasteiger partial charge in [0.1, 0.15) is 0 Å². The summed E-state index contributed by atoms with van der Waals surface area (Å²) < 4.78 is 39.8. The minimum Gasteiger partial charge on any atom is -0.493 e. The number of rotatable bonds is 3. The average molecular weight is 350 g/mol. The van der Waals surface area contributed by atoms with Crippen molar-refractivity contribution < 1.29 is 18.3 Å². The molecular weight excluding hydrogens is 337 g/mol. The van der Waals surface area contributed by atoms with Crippen LogP contribution in [0.25, 0.3) is 16.9 Å². The van der Waals surface area contributed by atoms with Crippen molar-refractivity contribution in [1.82, 2.24) is 24.5 Å². The fourth-order valence-electron chi connectivity index (χ4n) is 2.09. The van der Waals surface area contributed by atoms with Crippen LogP contribution < -0.4 is 0 Å². The molecule has 0 radical (unpaired) electrons. The number of nitrogens with zero attached hydrogens (tertiary/aromatic N) is 6. The summed E-state index contributed by atoms with van der Waals surface area (Å²) in [6, 6.07) is 4.59. The number of hydrogen-bond donors (Lipinski definition) is 1. The van der Waals surface area contributed by atoms with Gasteiger partial charge in [0.25, 0.3) is 11.7 Å². The number of halogens is 3. The standard InChI is InChI=1S/C15H13F3N6O/c1-23(2)8-19-13-21-14-20-12(25)11(7-24(14)22-13)9-4-3-5-10(6-9)15(16,17)18/h3-8H,1-2H3,(H,20,21,22,25). The average Bonchev–Trinajstić information content (AvgIpc) is 2.93. The highest BCUT2D eigenvalue weighted by Crippen LogP contribution is 2.34. The largest absolute Gasteiger partial charge is 0.493 e. The lowest BCUT2D eigenvalue weighted by Gasteiger charge is -2.09. The molecule has 0 aliphatic rings. The molecule has 1 N–H and O–H groups in total. The summed E-state index contributed by atoms with van der Waals surface area (Å²) in [6.45, 7) is 0. The zero-order valence-electron chi connectivity index (χ0n) is 13.2. The Kier molecular flexibility index (Phi) is 4.03. The SMILES string of the molecule is CN(C)C=Nc1nc2nc(O)c(-c3cccc(C(F)(F)F)c3)cn2n1. The normalized spacial score (nSPS) is 12.2. The van der Waals surface area contributed by atoms with E-state index in [-0.39, 0.29) is 22.9 Å². The van der Waals surface area contributed by atoms with Crippen molar-refractivity contribution in [2.75, 3.05) is 14.1 Å². The predicted molar refractivity (Wildman–Crippen MR) is 84.7 cm³/mol. The van der Waals surface area contributed by atoms with E-state index in [2.05, 4.69) is 20.1 Å². The van der Waals surface area contributed by atoms with Crippen LogP contribution in [0, 0.1) is 0 Å². The lowest BCUT2D eigenvalue weighted by molar-refractivity contribution is -0.137. The first-order chi connectivity index (χ1) is 11.7. The molecule has 0 unspecified atom stereocenters. The van der Waals surface area contributed by atoms with Gasteiger partial charge >= 0.3 is 6.18 Å². The lowest BCUT2D eigenvalue weighted by Crippen LogP contribution is -2.07. The van der Waals surface area contributed by atoms with Crippen molar-refractivity contribution in [1.29, 1.82) is 0 Å². The molecular formula is C15H13F3N6O. The van der Waals surface area contributed by atoms with Crippen LogP contribution in [0.3, 0.4) is 0 Å². The second-order valence-corrected chi connectivity index (χ2v) is 5.42. The van der Waals surface area contributed by atoms with Crippen LogP contribution in [0.2, 0.25) is 0 Å². The zero-order chi connectivity index (χ0) is 18.2. The third kappa shape index (κ3) is 3.52. The van der Waals surface area contributed by atoms with Crippen LogP contribution in [-0.4, -0.2) is 50.0 Å². The molecule has 2 aromatic heterocycles. The van der Waals surface area contributed by atoms with Gasteiger partial charge in [-0.3, -0.25) is 0 Å². The number of aromatic nitrogens is 4. The molecule has 130 valence electrons. The molecule has 2 heterocycles. The summed E-state index contributed by atoms with van der Waals surface area (Å²) in [5.74, 6) is -0.247. The van der Waals surface area contributed by atoms with Gasteiger partial charge in [-0.15, -0.1) is 5.10 Å². The van der Waals surface area contributed by atoms with E-state index in [1.54, 1.807) is 19.0 Å². The van der Waals surface area contributed by atoms with Crippen molar-refractivity contribution in [3.05, 3.63) is 36.0 Å². The van der Waals surface area contributed by atoms with Crippen LogP contribution in [0.1, 0.15) is 5.56 Å². The number of fused-ring (bicyclic) bond motifs is 1. The van der Waals surface area contributed by atoms with E-state index in [0.29, 0.717) is 0 Å². The first-order valence-corrected chi connectivity index (χ1v) is 7.08. The van der Waals surface area contributed by atoms with Crippen LogP contribution in [0.4, 0.5) is 19.1 Å². The summed E-state index contributed by atoms with van der Waals surface area (Å²) in [5, 5.41) is 14.1. The molecule has 0 saturated heterocycles. The topological polar surface area (TPSA) is 78.9 Å². The minimum absolute atomic E-state index is 0.0825. The highest BCUT2D eigenvalue weighted by molar-refractivity contribution is 5.69. The van der Waals surface area contributed by atoms with E-state index in [0.717, 1.165) is 12.1 Å². The van der Waals surface area contributed by atoms with Crippen molar-refractivity contribution >= 4 is 18.1 Å². The highest BCUT2D eigenvalue weighted by Gasteiger charge is 2.30. The third-order valence-electron chi connectivity index (χ3n) is 3.21. The van der Waals surface area contributed by atoms with Crippen LogP contribution >= 0.6 is 0 Å². The molecule has 25 heavy (non-hydrogen) atoms. The second-order valence-electron chi connectivity index (χ2n) is 5.42. The molecule has 0 amide bonds. The molecule has 0 aliphatic heterocycles. The third-order valence-corrected chi connectivity index (χ3v) is 3.21. The van der Waals surface area contributed by atoms with E-state index < -0.39 is 17.6 Å². The van der Waals surface area contributed by atoms with Crippen LogP contribution in [0.5, 0.6) is 5.88 Å². The summed E-state index contributed by atoms with van der Waals surface area (Å²) in [5.41, 5.74) is -0.554. The Morgan fingerprint density at radius 3 is 2.68 bits per heavy atom. The van der Waals surface area contributed by atoms with Crippen molar-refractivity contribution in [2.24, 2.45) is 4.99 Å². The van der Waals surface area contributed by atoms with Crippen molar-refractivity contribution in [3.63, 3.8) is 0 Å². The molecule has 0 atom stereocenters. The maximum Gasteiger partial charge on any atom is 0.416 e. The van der Waals surface area contributed by atoms with Gasteiger partial charge < -0.3 is 10.0 Å². The van der Waals surface area contributed by atoms with Crippen molar-refractivity contribution in [2.45, 2.75) is 6.18 Å². The van der Waals surface area contributed by atoms with E-state index in [1.165, 1.54) is 29.2 Å². The molecule has 0 aliphatic carbocycles. The molecule has 0 bridgehead atoms. The Hall–Kier alpha value is -3.17. The summed E-state index contributed by atoms with van der Waals surface area (Å²) in [6.07, 6.45) is -1.64. The first kappa shape index (κ1) is 16.7. The van der Waals surface area contributed by atoms with Gasteiger partial charge in [-0.1, -0.05) is 12.1 Å². The number of aromatic hydroxyl groups is 1. The fourth-order valence-corrected chi connectivity index (χ4v) is 2.09. The van der Waals surface area contributed by atoms with E-state index in [4.69, 9.17) is 0 Å². The zero-order valence-corrected chi connectivity index (χ0v) is 13.2. The van der Waals surface area contributed by atoms with Gasteiger partial charge in [0.05, 0.1) is 17.5 Å². The Morgan fingerprint density at radius 1 is 1.24 bits per heavy atom. The van der Waals surface area contributed by atoms with Gasteiger partial charge in [-0.2, -0.15) is 23.1 Å². The Bertz CT molecular complexity index is 948. The van der Waals surface area contributed by atoms with Crippen molar-refractivity contribution in [3.8, 4) is 17.0 Å². The van der Waals surface area contributed by atoms with Crippen LogP contribution in [-0.2, 0) is 6.18 Å². The lowest BCUT2D eigenvalue weighted by atomic mass is 10.1. The number of benzene rings is 1. The van der Waals surface area contributed by atoms with E-state index in [1.807, 2.05) is 0 Å². The van der Waals surface area contributed by atoms with Gasteiger partial charge in [-0.05, 0) is 17.7 Å². The fraction of sp³-hybridized carbons (Fsp3) is 0.200. The number of hydrogen-bond acceptors (Lipinski definition) is 5. The summed E-state index contributed by atoms with van der Waals surface area (Å²) in [4.78, 5) is 13.6. The molecule has 1 aromatic carbocycles. The highest BCUT2D eigenvalue weighted by atomic mass is 19.4. The Balaban J connectivity index is 2.07. The second kappa shape index (κ2) is 6.04. The summed E-state index contributed by atoms with van der Waals surface area (Å²) in [7, 11) is 3.55. The summed E-state index contributed by atoms with van der Waals surface area (Å²) >= 11 is 0. The van der Waals surface area contributed by atoms with Crippen LogP contribution in [0.15, 0.2) is 35.5 Å².